The van der Waals surface area contributed by atoms with Crippen LogP contribution in [0.4, 0.5) is 0 Å². The third kappa shape index (κ3) is 4.20. The van der Waals surface area contributed by atoms with Gasteiger partial charge in [-0.3, -0.25) is 0 Å². The van der Waals surface area contributed by atoms with Crippen molar-refractivity contribution in [2.45, 2.75) is 32.0 Å². The maximum atomic E-state index is 3.80. The summed E-state index contributed by atoms with van der Waals surface area (Å²) >= 11 is 0. The first kappa shape index (κ1) is 10.7. The second-order valence-corrected chi connectivity index (χ2v) is 6.89. The first-order valence-electron chi connectivity index (χ1n) is 4.53. The fourth-order valence-electron chi connectivity index (χ4n) is 1.30. The average Bonchev–Trinajstić information content (AvgIpc) is 2.07. The lowest BCUT2D eigenvalue weighted by molar-refractivity contribution is 0.916. The van der Waals surface area contributed by atoms with E-state index in [9.17, 15) is 0 Å². The van der Waals surface area contributed by atoms with Crippen molar-refractivity contribution >= 4 is 8.80 Å². The van der Waals surface area contributed by atoms with Gasteiger partial charge in [0.15, 0.2) is 0 Å². The van der Waals surface area contributed by atoms with Crippen LogP contribution in [0.5, 0.6) is 0 Å². The molecule has 11 heavy (non-hydrogen) atoms. The minimum atomic E-state index is -0.428. The third-order valence-corrected chi connectivity index (χ3v) is 5.89. The largest absolute Gasteiger partial charge is 0.103 e. The van der Waals surface area contributed by atoms with Crippen LogP contribution in [0.15, 0.2) is 25.3 Å². The fourth-order valence-corrected chi connectivity index (χ4v) is 3.69. The molecule has 0 radical (unpaired) electrons. The highest BCUT2D eigenvalue weighted by Crippen LogP contribution is 2.14. The summed E-state index contributed by atoms with van der Waals surface area (Å²) in [5.41, 5.74) is 0. The van der Waals surface area contributed by atoms with Crippen LogP contribution >= 0.6 is 0 Å². The van der Waals surface area contributed by atoms with Crippen molar-refractivity contribution in [2.24, 2.45) is 5.92 Å². The van der Waals surface area contributed by atoms with Gasteiger partial charge < -0.3 is 0 Å². The molecule has 0 bridgehead atoms. The number of rotatable bonds is 6. The van der Waals surface area contributed by atoms with Crippen LogP contribution in [0.1, 0.15) is 13.8 Å². The summed E-state index contributed by atoms with van der Waals surface area (Å²) in [5, 5.41) is 0. The van der Waals surface area contributed by atoms with Crippen LogP contribution in [0.25, 0.3) is 0 Å². The van der Waals surface area contributed by atoms with Gasteiger partial charge in [-0.25, -0.2) is 0 Å². The Bertz CT molecular complexity index is 106. The molecule has 0 N–H and O–H groups in total. The Morgan fingerprint density at radius 3 is 1.91 bits per heavy atom. The van der Waals surface area contributed by atoms with E-state index in [0.717, 1.165) is 0 Å². The second-order valence-electron chi connectivity index (χ2n) is 3.05. The van der Waals surface area contributed by atoms with Crippen molar-refractivity contribution in [3.05, 3.63) is 25.3 Å². The molecule has 0 aliphatic rings. The van der Waals surface area contributed by atoms with Crippen LogP contribution < -0.4 is 0 Å². The van der Waals surface area contributed by atoms with E-state index in [1.807, 2.05) is 12.2 Å². The monoisotopic (exact) mass is 168 g/mol. The van der Waals surface area contributed by atoms with Crippen LogP contribution in [0.2, 0.25) is 18.1 Å². The minimum absolute atomic E-state index is 0.428. The maximum absolute atomic E-state index is 3.80. The maximum Gasteiger partial charge on any atom is 0.0371 e. The van der Waals surface area contributed by atoms with Crippen molar-refractivity contribution in [1.29, 1.82) is 0 Å². The molecule has 0 saturated heterocycles. The van der Waals surface area contributed by atoms with Crippen LogP contribution in [-0.2, 0) is 0 Å². The number of hydrogen-bond acceptors (Lipinski definition) is 0. The summed E-state index contributed by atoms with van der Waals surface area (Å²) in [6.45, 7) is 12.2. The predicted octanol–water partition coefficient (Wildman–Crippen LogP) is 3.24. The van der Waals surface area contributed by atoms with Gasteiger partial charge in [-0.15, -0.1) is 13.2 Å². The van der Waals surface area contributed by atoms with E-state index >= 15 is 0 Å². The Balaban J connectivity index is 3.76. The molecule has 0 aliphatic carbocycles. The minimum Gasteiger partial charge on any atom is -0.103 e. The SMILES string of the molecule is C=CC(C=C)C[SiH](CC)CC. The van der Waals surface area contributed by atoms with Gasteiger partial charge in [-0.1, -0.05) is 44.1 Å². The normalized spacial score (nSPS) is 10.5. The van der Waals surface area contributed by atoms with E-state index in [1.54, 1.807) is 0 Å². The van der Waals surface area contributed by atoms with Crippen molar-refractivity contribution in [2.75, 3.05) is 0 Å². The first-order valence-corrected chi connectivity index (χ1v) is 6.98. The summed E-state index contributed by atoms with van der Waals surface area (Å²) in [6, 6.07) is 4.18. The van der Waals surface area contributed by atoms with Gasteiger partial charge in [0.05, 0.1) is 0 Å². The lowest BCUT2D eigenvalue weighted by Crippen LogP contribution is -2.12. The average molecular weight is 168 g/mol. The molecule has 64 valence electrons. The zero-order valence-corrected chi connectivity index (χ0v) is 9.00. The predicted molar refractivity (Wildman–Crippen MR) is 56.8 cm³/mol. The summed E-state index contributed by atoms with van der Waals surface area (Å²) < 4.78 is 0. The van der Waals surface area contributed by atoms with Gasteiger partial charge in [-0.05, 0) is 5.92 Å². The zero-order chi connectivity index (χ0) is 8.69. The van der Waals surface area contributed by atoms with Gasteiger partial charge in [0, 0.05) is 8.80 Å². The molecule has 0 fully saturated rings. The Hall–Kier alpha value is -0.303. The van der Waals surface area contributed by atoms with Gasteiger partial charge in [0.25, 0.3) is 0 Å². The molecule has 0 aliphatic heterocycles. The van der Waals surface area contributed by atoms with Gasteiger partial charge >= 0.3 is 0 Å². The topological polar surface area (TPSA) is 0 Å². The van der Waals surface area contributed by atoms with Crippen molar-refractivity contribution < 1.29 is 0 Å². The molecule has 0 saturated carbocycles. The van der Waals surface area contributed by atoms with Crippen LogP contribution in [-0.4, -0.2) is 8.80 Å². The van der Waals surface area contributed by atoms with E-state index < -0.39 is 8.80 Å². The molecule has 0 nitrogen and oxygen atoms in total. The van der Waals surface area contributed by atoms with Crippen molar-refractivity contribution in [1.82, 2.24) is 0 Å². The Morgan fingerprint density at radius 1 is 1.18 bits per heavy atom. The number of allylic oxidation sites excluding steroid dienone is 2. The van der Waals surface area contributed by atoms with E-state index in [0.29, 0.717) is 5.92 Å². The van der Waals surface area contributed by atoms with Crippen LogP contribution in [0, 0.1) is 5.92 Å². The lowest BCUT2D eigenvalue weighted by atomic mass is 10.2. The first-order chi connectivity index (χ1) is 5.28. The Morgan fingerprint density at radius 2 is 1.64 bits per heavy atom. The molecule has 0 amide bonds. The quantitative estimate of drug-likeness (QED) is 0.422. The second kappa shape index (κ2) is 6.41. The molecule has 0 unspecified atom stereocenters. The highest BCUT2D eigenvalue weighted by atomic mass is 28.3. The highest BCUT2D eigenvalue weighted by Gasteiger charge is 2.08. The summed E-state index contributed by atoms with van der Waals surface area (Å²) in [6.07, 6.45) is 4.05. The van der Waals surface area contributed by atoms with E-state index in [1.165, 1.54) is 18.1 Å². The van der Waals surface area contributed by atoms with E-state index in [2.05, 4.69) is 27.0 Å². The van der Waals surface area contributed by atoms with Gasteiger partial charge in [0.1, 0.15) is 0 Å². The molecular weight excluding hydrogens is 148 g/mol. The standard InChI is InChI=1S/C10H20Si/c1-5-10(6-2)9-11(7-3)8-4/h5-6,10-11H,1-2,7-9H2,3-4H3. The smallest absolute Gasteiger partial charge is 0.0371 e. The van der Waals surface area contributed by atoms with Gasteiger partial charge in [-0.2, -0.15) is 0 Å². The van der Waals surface area contributed by atoms with Gasteiger partial charge in [0.2, 0.25) is 0 Å². The molecule has 1 heteroatoms. The summed E-state index contributed by atoms with van der Waals surface area (Å²) in [5.74, 6) is 0.576. The lowest BCUT2D eigenvalue weighted by Gasteiger charge is -2.13. The molecule has 0 rings (SSSR count). The fraction of sp³-hybridized carbons (Fsp3) is 0.600. The van der Waals surface area contributed by atoms with Crippen LogP contribution in [0.3, 0.4) is 0 Å². The molecular formula is C10H20Si. The van der Waals surface area contributed by atoms with Crippen molar-refractivity contribution in [3.63, 3.8) is 0 Å². The van der Waals surface area contributed by atoms with E-state index in [-0.39, 0.29) is 0 Å². The molecule has 0 aromatic rings. The number of hydrogen-bond donors (Lipinski definition) is 0. The summed E-state index contributed by atoms with van der Waals surface area (Å²) in [7, 11) is -0.428. The Kier molecular flexibility index (Phi) is 6.23. The molecule has 0 heterocycles. The molecule has 0 aromatic carbocycles. The van der Waals surface area contributed by atoms with Crippen molar-refractivity contribution in [3.8, 4) is 0 Å². The highest BCUT2D eigenvalue weighted by molar-refractivity contribution is 6.58. The van der Waals surface area contributed by atoms with E-state index in [4.69, 9.17) is 0 Å². The Labute approximate surface area is 72.6 Å². The summed E-state index contributed by atoms with van der Waals surface area (Å²) in [4.78, 5) is 0. The molecule has 0 aromatic heterocycles. The molecule has 0 atom stereocenters. The third-order valence-electron chi connectivity index (χ3n) is 2.37. The molecule has 0 spiro atoms. The zero-order valence-electron chi connectivity index (χ0n) is 7.84.